The molecule has 1 aliphatic rings. The predicted octanol–water partition coefficient (Wildman–Crippen LogP) is 0.897. The van der Waals surface area contributed by atoms with Crippen LogP contribution in [-0.4, -0.2) is 38.5 Å². The van der Waals surface area contributed by atoms with Crippen LogP contribution >= 0.6 is 0 Å². The molecule has 110 valence electrons. The second kappa shape index (κ2) is 6.85. The third kappa shape index (κ3) is 4.94. The highest BCUT2D eigenvalue weighted by Crippen LogP contribution is 2.12. The summed E-state index contributed by atoms with van der Waals surface area (Å²) < 4.78 is 27.9. The first-order valence-electron chi connectivity index (χ1n) is 6.67. The normalized spacial score (nSPS) is 18.6. The van der Waals surface area contributed by atoms with Crippen LogP contribution in [0.3, 0.4) is 0 Å². The van der Waals surface area contributed by atoms with Crippen molar-refractivity contribution in [3.05, 3.63) is 35.9 Å². The number of hydrogen-bond acceptors (Lipinski definition) is 4. The van der Waals surface area contributed by atoms with Gasteiger partial charge in [-0.1, -0.05) is 30.3 Å². The van der Waals surface area contributed by atoms with Gasteiger partial charge in [0.1, 0.15) is 16.4 Å². The Labute approximate surface area is 119 Å². The first kappa shape index (κ1) is 15.0. The van der Waals surface area contributed by atoms with E-state index in [1.807, 2.05) is 30.3 Å². The van der Waals surface area contributed by atoms with Crippen LogP contribution in [0.1, 0.15) is 18.4 Å². The molecule has 0 unspecified atom stereocenters. The molecule has 1 aliphatic heterocycles. The average molecular weight is 297 g/mol. The number of sulfone groups is 1. The van der Waals surface area contributed by atoms with Crippen molar-refractivity contribution in [3.63, 3.8) is 0 Å². The zero-order chi connectivity index (χ0) is 14.4. The molecule has 1 aromatic carbocycles. The van der Waals surface area contributed by atoms with Crippen LogP contribution in [0, 0.1) is 0 Å². The van der Waals surface area contributed by atoms with Gasteiger partial charge < -0.3 is 10.1 Å². The third-order valence-electron chi connectivity index (χ3n) is 3.26. The summed E-state index contributed by atoms with van der Waals surface area (Å²) in [6, 6.07) is 9.58. The molecule has 0 bridgehead atoms. The number of carbonyl (C=O) groups is 1. The van der Waals surface area contributed by atoms with E-state index in [0.29, 0.717) is 19.4 Å². The molecule has 0 spiro atoms. The van der Waals surface area contributed by atoms with Crippen LogP contribution < -0.4 is 5.32 Å². The maximum absolute atomic E-state index is 11.7. The molecule has 20 heavy (non-hydrogen) atoms. The highest BCUT2D eigenvalue weighted by Gasteiger charge is 2.24. The summed E-state index contributed by atoms with van der Waals surface area (Å²) in [5.41, 5.74) is 1.02. The maximum atomic E-state index is 11.7. The van der Waals surface area contributed by atoms with Gasteiger partial charge in [-0.25, -0.2) is 8.42 Å². The summed E-state index contributed by atoms with van der Waals surface area (Å²) in [6.07, 6.45) is 0.986. The van der Waals surface area contributed by atoms with E-state index in [9.17, 15) is 13.2 Å². The van der Waals surface area contributed by atoms with Crippen molar-refractivity contribution < 1.29 is 17.9 Å². The molecule has 1 N–H and O–H groups in total. The zero-order valence-electron chi connectivity index (χ0n) is 11.2. The monoisotopic (exact) mass is 297 g/mol. The Morgan fingerprint density at radius 3 is 2.50 bits per heavy atom. The number of nitrogens with one attached hydrogen (secondary N) is 1. The van der Waals surface area contributed by atoms with Crippen molar-refractivity contribution in [2.75, 3.05) is 18.1 Å². The highest BCUT2D eigenvalue weighted by molar-refractivity contribution is 7.91. The summed E-state index contributed by atoms with van der Waals surface area (Å²) in [7, 11) is -2.89. The second-order valence-electron chi connectivity index (χ2n) is 4.97. The van der Waals surface area contributed by atoms with Gasteiger partial charge in [0.25, 0.3) is 0 Å². The summed E-state index contributed by atoms with van der Waals surface area (Å²) in [5, 5.41) is 2.81. The first-order chi connectivity index (χ1) is 9.55. The van der Waals surface area contributed by atoms with Crippen LogP contribution in [0.4, 0.5) is 0 Å². The van der Waals surface area contributed by atoms with E-state index in [1.54, 1.807) is 0 Å². The van der Waals surface area contributed by atoms with Gasteiger partial charge in [-0.3, -0.25) is 4.79 Å². The van der Waals surface area contributed by atoms with Crippen molar-refractivity contribution in [2.24, 2.45) is 0 Å². The van der Waals surface area contributed by atoms with Gasteiger partial charge >= 0.3 is 0 Å². The van der Waals surface area contributed by atoms with Gasteiger partial charge in [0.15, 0.2) is 0 Å². The van der Waals surface area contributed by atoms with Gasteiger partial charge in [0.05, 0.1) is 18.1 Å². The smallest absolute Gasteiger partial charge is 0.246 e. The molecule has 1 fully saturated rings. The fourth-order valence-electron chi connectivity index (χ4n) is 2.14. The van der Waals surface area contributed by atoms with E-state index in [0.717, 1.165) is 5.56 Å². The average Bonchev–Trinajstić information content (AvgIpc) is 2.42. The van der Waals surface area contributed by atoms with Gasteiger partial charge in [-0.15, -0.1) is 0 Å². The minimum absolute atomic E-state index is 0.00184. The van der Waals surface area contributed by atoms with Crippen LogP contribution in [0.25, 0.3) is 0 Å². The van der Waals surface area contributed by atoms with E-state index < -0.39 is 9.84 Å². The number of benzene rings is 1. The number of carbonyl (C=O) groups excluding carboxylic acids is 1. The zero-order valence-corrected chi connectivity index (χ0v) is 12.1. The van der Waals surface area contributed by atoms with Crippen LogP contribution in [-0.2, 0) is 26.0 Å². The van der Waals surface area contributed by atoms with Gasteiger partial charge in [0.2, 0.25) is 5.91 Å². The molecule has 2 rings (SSSR count). The molecule has 0 aromatic heterocycles. The Bertz CT molecular complexity index is 528. The summed E-state index contributed by atoms with van der Waals surface area (Å²) >= 11 is 0. The Morgan fingerprint density at radius 1 is 1.20 bits per heavy atom. The topological polar surface area (TPSA) is 72.5 Å². The van der Waals surface area contributed by atoms with E-state index in [2.05, 4.69) is 5.32 Å². The number of rotatable bonds is 5. The summed E-state index contributed by atoms with van der Waals surface area (Å²) in [4.78, 5) is 11.7. The van der Waals surface area contributed by atoms with Crippen LogP contribution in [0.2, 0.25) is 0 Å². The maximum Gasteiger partial charge on any atom is 0.246 e. The molecule has 1 aromatic rings. The van der Waals surface area contributed by atoms with E-state index in [1.165, 1.54) is 0 Å². The lowest BCUT2D eigenvalue weighted by atomic mass is 10.1. The standard InChI is InChI=1S/C14H19NO4S/c16-14(11-19-10-12-4-2-1-3-5-12)15-13-6-8-20(17,18)9-7-13/h1-5,13H,6-11H2,(H,15,16). The molecule has 0 saturated carbocycles. The van der Waals surface area contributed by atoms with E-state index >= 15 is 0 Å². The highest BCUT2D eigenvalue weighted by atomic mass is 32.2. The van der Waals surface area contributed by atoms with Crippen molar-refractivity contribution in [1.82, 2.24) is 5.32 Å². The molecule has 0 radical (unpaired) electrons. The fraction of sp³-hybridized carbons (Fsp3) is 0.500. The second-order valence-corrected chi connectivity index (χ2v) is 7.28. The molecule has 5 nitrogen and oxygen atoms in total. The molecule has 0 atom stereocenters. The van der Waals surface area contributed by atoms with Gasteiger partial charge in [0, 0.05) is 6.04 Å². The molecule has 1 amide bonds. The van der Waals surface area contributed by atoms with Crippen molar-refractivity contribution in [3.8, 4) is 0 Å². The summed E-state index contributed by atoms with van der Waals surface area (Å²) in [6.45, 7) is 0.394. The molecule has 6 heteroatoms. The molecular weight excluding hydrogens is 278 g/mol. The van der Waals surface area contributed by atoms with Crippen LogP contribution in [0.5, 0.6) is 0 Å². The van der Waals surface area contributed by atoms with E-state index in [-0.39, 0.29) is 30.1 Å². The number of hydrogen-bond donors (Lipinski definition) is 1. The van der Waals surface area contributed by atoms with Gasteiger partial charge in [-0.05, 0) is 18.4 Å². The first-order valence-corrected chi connectivity index (χ1v) is 8.49. The van der Waals surface area contributed by atoms with E-state index in [4.69, 9.17) is 4.74 Å². The third-order valence-corrected chi connectivity index (χ3v) is 4.98. The minimum atomic E-state index is -2.89. The quantitative estimate of drug-likeness (QED) is 0.876. The van der Waals surface area contributed by atoms with Crippen molar-refractivity contribution in [1.29, 1.82) is 0 Å². The number of amides is 1. The predicted molar refractivity (Wildman–Crippen MR) is 75.9 cm³/mol. The van der Waals surface area contributed by atoms with Crippen molar-refractivity contribution >= 4 is 15.7 Å². The fourth-order valence-corrected chi connectivity index (χ4v) is 3.63. The van der Waals surface area contributed by atoms with Crippen LogP contribution in [0.15, 0.2) is 30.3 Å². The lowest BCUT2D eigenvalue weighted by molar-refractivity contribution is -0.126. The van der Waals surface area contributed by atoms with Gasteiger partial charge in [-0.2, -0.15) is 0 Å². The Balaban J connectivity index is 1.66. The lowest BCUT2D eigenvalue weighted by Crippen LogP contribution is -2.42. The Morgan fingerprint density at radius 2 is 1.85 bits per heavy atom. The molecule has 1 heterocycles. The molecule has 0 aliphatic carbocycles. The largest absolute Gasteiger partial charge is 0.367 e. The summed E-state index contributed by atoms with van der Waals surface area (Å²) in [5.74, 6) is 0.122. The SMILES string of the molecule is O=C(COCc1ccccc1)NC1CCS(=O)(=O)CC1. The lowest BCUT2D eigenvalue weighted by Gasteiger charge is -2.22. The number of ether oxygens (including phenoxy) is 1. The molecular formula is C14H19NO4S. The Kier molecular flexibility index (Phi) is 5.14. The minimum Gasteiger partial charge on any atom is -0.367 e. The molecule has 1 saturated heterocycles. The Hall–Kier alpha value is -1.40. The van der Waals surface area contributed by atoms with Crippen molar-refractivity contribution in [2.45, 2.75) is 25.5 Å².